The van der Waals surface area contributed by atoms with E-state index >= 15 is 0 Å². The van der Waals surface area contributed by atoms with Crippen LogP contribution in [0.2, 0.25) is 0 Å². The number of nitrogens with zero attached hydrogens (tertiary/aromatic N) is 2. The number of hydrogen-bond donors (Lipinski definition) is 6. The van der Waals surface area contributed by atoms with Gasteiger partial charge in [0.25, 0.3) is 0 Å². The zero-order chi connectivity index (χ0) is 31.9. The monoisotopic (exact) mass is 638 g/mol. The van der Waals surface area contributed by atoms with Gasteiger partial charge >= 0.3 is 12.3 Å². The van der Waals surface area contributed by atoms with Gasteiger partial charge in [-0.05, 0) is 61.4 Å². The van der Waals surface area contributed by atoms with Crippen molar-refractivity contribution in [2.24, 2.45) is 0 Å². The Hall–Kier alpha value is -3.16. The normalized spacial score (nSPS) is 15.6. The Bertz CT molecular complexity index is 1460. The van der Waals surface area contributed by atoms with E-state index < -0.39 is 25.0 Å². The number of benzene rings is 2. The Morgan fingerprint density at radius 2 is 1.84 bits per heavy atom. The molecule has 2 heterocycles. The van der Waals surface area contributed by atoms with Crippen LogP contribution in [-0.2, 0) is 11.3 Å². The number of fused-ring (bicyclic) bond motifs is 1. The number of methoxy groups -OCH3 is 1. The average molecular weight is 639 g/mol. The summed E-state index contributed by atoms with van der Waals surface area (Å²) in [7, 11) is 1.55. The summed E-state index contributed by atoms with van der Waals surface area (Å²) in [6.45, 7) is 1.12. The lowest BCUT2D eigenvalue weighted by Gasteiger charge is -2.34. The quantitative estimate of drug-likeness (QED) is 0.0999. The maximum Gasteiger partial charge on any atom is 0.453 e. The van der Waals surface area contributed by atoms with Gasteiger partial charge in [0.15, 0.2) is 5.75 Å². The molecule has 0 amide bonds. The van der Waals surface area contributed by atoms with Gasteiger partial charge in [-0.3, -0.25) is 0 Å². The molecule has 1 aromatic heterocycles. The first-order valence-electron chi connectivity index (χ1n) is 14.0. The first kappa shape index (κ1) is 33.7. The summed E-state index contributed by atoms with van der Waals surface area (Å²) in [6, 6.07) is 11.8. The number of hydrogen-bond acceptors (Lipinski definition) is 10. The fourth-order valence-electron chi connectivity index (χ4n) is 5.17. The third-order valence-corrected chi connectivity index (χ3v) is 7.80. The number of aliphatic hydroxyl groups is 4. The van der Waals surface area contributed by atoms with Crippen molar-refractivity contribution in [1.82, 2.24) is 9.47 Å². The summed E-state index contributed by atoms with van der Waals surface area (Å²) in [4.78, 5) is 2.90. The van der Waals surface area contributed by atoms with E-state index in [1.807, 2.05) is 12.3 Å². The lowest BCUT2D eigenvalue weighted by Crippen LogP contribution is -2.43. The molecule has 2 aromatic carbocycles. The third kappa shape index (κ3) is 9.67. The van der Waals surface area contributed by atoms with Gasteiger partial charge < -0.3 is 50.0 Å². The highest BCUT2D eigenvalue weighted by atomic mass is 32.2. The van der Waals surface area contributed by atoms with E-state index in [2.05, 4.69) is 27.4 Å². The number of nitrogens with one attached hydrogen (secondary N) is 2. The van der Waals surface area contributed by atoms with Crippen LogP contribution in [-0.4, -0.2) is 101 Å². The largest absolute Gasteiger partial charge is 0.453 e. The molecule has 44 heavy (non-hydrogen) atoms. The SMILES string of the molecule is COCC(O)CN1CCC(Nc2cccc3c2cc(C#CCNc2ccc(SC)cc2OC(O)(O)O)n3CC(F)(F)F)CC1. The summed E-state index contributed by atoms with van der Waals surface area (Å²) >= 11 is 1.37. The van der Waals surface area contributed by atoms with Gasteiger partial charge in [0.2, 0.25) is 0 Å². The summed E-state index contributed by atoms with van der Waals surface area (Å²) in [5, 5.41) is 44.9. The van der Waals surface area contributed by atoms with Crippen LogP contribution >= 0.6 is 11.8 Å². The predicted molar refractivity (Wildman–Crippen MR) is 163 cm³/mol. The van der Waals surface area contributed by atoms with Gasteiger partial charge in [0, 0.05) is 48.8 Å². The fourth-order valence-corrected chi connectivity index (χ4v) is 5.60. The minimum atomic E-state index is -4.47. The van der Waals surface area contributed by atoms with E-state index in [9.17, 15) is 33.6 Å². The Labute approximate surface area is 257 Å². The van der Waals surface area contributed by atoms with Gasteiger partial charge in [-0.1, -0.05) is 12.0 Å². The number of alkyl halides is 3. The van der Waals surface area contributed by atoms with E-state index in [-0.39, 0.29) is 30.6 Å². The van der Waals surface area contributed by atoms with E-state index in [0.29, 0.717) is 23.1 Å². The molecule has 1 atom stereocenters. The number of thioether (sulfide) groups is 1. The lowest BCUT2D eigenvalue weighted by atomic mass is 10.0. The number of aliphatic hydroxyl groups excluding tert-OH is 1. The molecule has 0 saturated carbocycles. The molecule has 1 fully saturated rings. The first-order valence-corrected chi connectivity index (χ1v) is 15.2. The molecule has 1 aliphatic heterocycles. The van der Waals surface area contributed by atoms with Gasteiger partial charge in [-0.15, -0.1) is 11.8 Å². The molecule has 4 rings (SSSR count). The predicted octanol–water partition coefficient (Wildman–Crippen LogP) is 3.24. The lowest BCUT2D eigenvalue weighted by molar-refractivity contribution is -0.419. The zero-order valence-corrected chi connectivity index (χ0v) is 25.2. The van der Waals surface area contributed by atoms with Crippen molar-refractivity contribution in [3.8, 4) is 17.6 Å². The van der Waals surface area contributed by atoms with E-state index in [1.165, 1.54) is 17.8 Å². The highest BCUT2D eigenvalue weighted by Crippen LogP contribution is 2.32. The van der Waals surface area contributed by atoms with E-state index in [1.54, 1.807) is 37.4 Å². The minimum absolute atomic E-state index is 0.0133. The van der Waals surface area contributed by atoms with Crippen LogP contribution in [0.4, 0.5) is 24.5 Å². The minimum Gasteiger partial charge on any atom is -0.415 e. The maximum atomic E-state index is 13.6. The Balaban J connectivity index is 1.52. The van der Waals surface area contributed by atoms with Crippen LogP contribution in [0.5, 0.6) is 5.75 Å². The topological polar surface area (TPSA) is 132 Å². The molecule has 10 nitrogen and oxygen atoms in total. The zero-order valence-electron chi connectivity index (χ0n) is 24.4. The van der Waals surface area contributed by atoms with Crippen molar-refractivity contribution in [2.45, 2.75) is 48.8 Å². The van der Waals surface area contributed by atoms with Gasteiger partial charge in [-0.25, -0.2) is 0 Å². The fraction of sp³-hybridized carbons (Fsp3) is 0.467. The Morgan fingerprint density at radius 1 is 1.09 bits per heavy atom. The van der Waals surface area contributed by atoms with E-state index in [0.717, 1.165) is 41.1 Å². The molecule has 14 heteroatoms. The Kier molecular flexibility index (Phi) is 11.3. The van der Waals surface area contributed by atoms with Crippen LogP contribution in [0.15, 0.2) is 47.4 Å². The van der Waals surface area contributed by atoms with Crippen molar-refractivity contribution >= 4 is 34.0 Å². The molecule has 3 aromatic rings. The molecule has 6 N–H and O–H groups in total. The van der Waals surface area contributed by atoms with E-state index in [4.69, 9.17) is 9.47 Å². The average Bonchev–Trinajstić information content (AvgIpc) is 3.28. The van der Waals surface area contributed by atoms with Crippen molar-refractivity contribution < 1.29 is 43.1 Å². The van der Waals surface area contributed by atoms with Crippen molar-refractivity contribution in [3.63, 3.8) is 0 Å². The van der Waals surface area contributed by atoms with Crippen molar-refractivity contribution in [1.29, 1.82) is 0 Å². The van der Waals surface area contributed by atoms with Crippen LogP contribution in [0, 0.1) is 11.8 Å². The Morgan fingerprint density at radius 3 is 2.50 bits per heavy atom. The second-order valence-electron chi connectivity index (χ2n) is 10.5. The highest BCUT2D eigenvalue weighted by molar-refractivity contribution is 7.98. The number of rotatable bonds is 12. The van der Waals surface area contributed by atoms with Crippen molar-refractivity contribution in [2.75, 3.05) is 56.8 Å². The number of anilines is 2. The number of β-amino-alcohol motifs (C(OH)–C–C–N with tert-alkyl or cyclic N) is 1. The van der Waals surface area contributed by atoms with Crippen LogP contribution < -0.4 is 15.4 Å². The van der Waals surface area contributed by atoms with Crippen LogP contribution in [0.3, 0.4) is 0 Å². The van der Waals surface area contributed by atoms with Gasteiger partial charge in [-0.2, -0.15) is 13.2 Å². The van der Waals surface area contributed by atoms with Gasteiger partial charge in [0.1, 0.15) is 6.54 Å². The smallest absolute Gasteiger partial charge is 0.415 e. The number of likely N-dealkylation sites (tertiary alicyclic amines) is 1. The second kappa shape index (κ2) is 14.7. The standard InChI is InChI=1S/C30H37F3N4O6S/c1-42-18-22(38)17-36-13-10-20(11-14-36)35-25-6-3-7-27-24(25)15-21(37(27)19-29(31,32)33)5-4-12-34-26-9-8-23(44-2)16-28(26)43-30(39,40)41/h3,6-9,15-16,20,22,34-35,38-41H,10-14,17-19H2,1-2H3. The van der Waals surface area contributed by atoms with Crippen molar-refractivity contribution in [3.05, 3.63) is 48.2 Å². The number of aromatic nitrogens is 1. The van der Waals surface area contributed by atoms with Gasteiger partial charge in [0.05, 0.1) is 36.2 Å². The summed E-state index contributed by atoms with van der Waals surface area (Å²) in [5.41, 5.74) is 1.60. The molecule has 1 unspecified atom stereocenters. The molecule has 1 aliphatic rings. The molecular weight excluding hydrogens is 601 g/mol. The molecule has 0 aliphatic carbocycles. The molecule has 0 bridgehead atoms. The first-order chi connectivity index (χ1) is 20.8. The highest BCUT2D eigenvalue weighted by Gasteiger charge is 2.30. The number of ether oxygens (including phenoxy) is 2. The molecule has 0 spiro atoms. The summed E-state index contributed by atoms with van der Waals surface area (Å²) in [5.74, 6) is 5.62. The molecule has 0 radical (unpaired) electrons. The third-order valence-electron chi connectivity index (χ3n) is 7.08. The number of piperidine rings is 1. The summed E-state index contributed by atoms with van der Waals surface area (Å²) in [6.07, 6.45) is -4.99. The van der Waals surface area contributed by atoms with Crippen LogP contribution in [0.25, 0.3) is 10.9 Å². The number of halogens is 3. The molecular formula is C30H37F3N4O6S. The summed E-state index contributed by atoms with van der Waals surface area (Å²) < 4.78 is 51.8. The molecule has 240 valence electrons. The molecule has 1 saturated heterocycles. The second-order valence-corrected chi connectivity index (χ2v) is 11.4. The van der Waals surface area contributed by atoms with Crippen LogP contribution in [0.1, 0.15) is 18.5 Å². The maximum absolute atomic E-state index is 13.6.